The van der Waals surface area contributed by atoms with Crippen LogP contribution in [0.5, 0.6) is 0 Å². The van der Waals surface area contributed by atoms with Crippen molar-refractivity contribution in [2.24, 2.45) is 0 Å². The zero-order chi connectivity index (χ0) is 15.2. The lowest BCUT2D eigenvalue weighted by atomic mass is 9.93. The molecule has 2 atom stereocenters. The normalized spacial score (nSPS) is 15.3. The highest BCUT2D eigenvalue weighted by Crippen LogP contribution is 2.25. The lowest BCUT2D eigenvalue weighted by Gasteiger charge is -2.26. The predicted octanol–water partition coefficient (Wildman–Crippen LogP) is 3.78. The van der Waals surface area contributed by atoms with E-state index in [2.05, 4.69) is 52.2 Å². The molecule has 0 aromatic carbocycles. The van der Waals surface area contributed by atoms with Gasteiger partial charge in [-0.25, -0.2) is 4.98 Å². The molecular weight excluding hydrogens is 268 g/mol. The van der Waals surface area contributed by atoms with Crippen molar-refractivity contribution in [3.05, 3.63) is 16.1 Å². The van der Waals surface area contributed by atoms with Gasteiger partial charge >= 0.3 is 0 Å². The van der Waals surface area contributed by atoms with Gasteiger partial charge in [0.25, 0.3) is 0 Å². The van der Waals surface area contributed by atoms with Gasteiger partial charge in [-0.2, -0.15) is 0 Å². The number of nitrogens with one attached hydrogen (secondary N) is 1. The zero-order valence-corrected chi connectivity index (χ0v) is 14.6. The Bertz CT molecular complexity index is 384. The summed E-state index contributed by atoms with van der Waals surface area (Å²) in [6.45, 7) is 14.8. The smallest absolute Gasteiger partial charge is 0.0945 e. The van der Waals surface area contributed by atoms with Crippen molar-refractivity contribution < 1.29 is 4.74 Å². The number of rotatable bonds is 8. The van der Waals surface area contributed by atoms with Crippen LogP contribution in [-0.4, -0.2) is 30.3 Å². The van der Waals surface area contributed by atoms with Gasteiger partial charge in [0.15, 0.2) is 0 Å². The molecule has 3 nitrogen and oxygen atoms in total. The Balaban J connectivity index is 2.76. The van der Waals surface area contributed by atoms with E-state index in [0.29, 0.717) is 6.04 Å². The third-order valence-corrected chi connectivity index (χ3v) is 4.28. The Hall–Kier alpha value is -0.450. The van der Waals surface area contributed by atoms with E-state index >= 15 is 0 Å². The number of likely N-dealkylation sites (N-methyl/N-ethyl adjacent to an activating group) is 1. The monoisotopic (exact) mass is 298 g/mol. The molecule has 20 heavy (non-hydrogen) atoms. The van der Waals surface area contributed by atoms with Crippen LogP contribution in [0, 0.1) is 0 Å². The van der Waals surface area contributed by atoms with Gasteiger partial charge in [0.05, 0.1) is 16.8 Å². The Morgan fingerprint density at radius 3 is 2.45 bits per heavy atom. The minimum absolute atomic E-state index is 0.131. The number of hydrogen-bond acceptors (Lipinski definition) is 4. The summed E-state index contributed by atoms with van der Waals surface area (Å²) >= 11 is 1.77. The maximum Gasteiger partial charge on any atom is 0.0945 e. The third-order valence-electron chi connectivity index (χ3n) is 3.41. The predicted molar refractivity (Wildman–Crippen MR) is 87.7 cm³/mol. The second-order valence-corrected chi connectivity index (χ2v) is 7.09. The van der Waals surface area contributed by atoms with E-state index in [1.165, 1.54) is 10.7 Å². The summed E-state index contributed by atoms with van der Waals surface area (Å²) in [5.74, 6) is 0. The molecule has 0 fully saturated rings. The van der Waals surface area contributed by atoms with Crippen LogP contribution in [0.15, 0.2) is 5.38 Å². The first kappa shape index (κ1) is 17.6. The Morgan fingerprint density at radius 2 is 2.00 bits per heavy atom. The first-order valence-electron chi connectivity index (χ1n) is 7.72. The molecule has 0 spiro atoms. The molecule has 0 bridgehead atoms. The number of nitrogens with zero attached hydrogens (tertiary/aromatic N) is 1. The van der Waals surface area contributed by atoms with Gasteiger partial charge in [-0.05, 0) is 19.9 Å². The maximum absolute atomic E-state index is 5.87. The van der Waals surface area contributed by atoms with E-state index < -0.39 is 0 Å². The number of aromatic nitrogens is 1. The highest BCUT2D eigenvalue weighted by atomic mass is 32.1. The van der Waals surface area contributed by atoms with E-state index in [-0.39, 0.29) is 11.5 Å². The minimum Gasteiger partial charge on any atom is -0.377 e. The van der Waals surface area contributed by atoms with Crippen LogP contribution in [0.3, 0.4) is 0 Å². The third kappa shape index (κ3) is 5.15. The molecule has 0 aliphatic rings. The van der Waals surface area contributed by atoms with Crippen LogP contribution in [-0.2, 0) is 16.6 Å². The van der Waals surface area contributed by atoms with Gasteiger partial charge in [0, 0.05) is 29.9 Å². The summed E-state index contributed by atoms with van der Waals surface area (Å²) < 4.78 is 5.87. The second-order valence-electron chi connectivity index (χ2n) is 6.15. The lowest BCUT2D eigenvalue weighted by Crippen LogP contribution is -2.42. The van der Waals surface area contributed by atoms with Gasteiger partial charge in [0.1, 0.15) is 0 Å². The van der Waals surface area contributed by atoms with E-state index in [9.17, 15) is 0 Å². The summed E-state index contributed by atoms with van der Waals surface area (Å²) in [4.78, 5) is 4.80. The fraction of sp³-hybridized carbons (Fsp3) is 0.812. The summed E-state index contributed by atoms with van der Waals surface area (Å²) in [5, 5.41) is 6.96. The molecule has 1 heterocycles. The maximum atomic E-state index is 5.87. The molecule has 0 saturated carbocycles. The number of ether oxygens (including phenoxy) is 1. The fourth-order valence-corrected chi connectivity index (χ4v) is 3.35. The average molecular weight is 298 g/mol. The quantitative estimate of drug-likeness (QED) is 0.793. The van der Waals surface area contributed by atoms with Crippen molar-refractivity contribution >= 4 is 11.3 Å². The van der Waals surface area contributed by atoms with Crippen LogP contribution in [0.2, 0.25) is 0 Å². The number of hydrogen-bond donors (Lipinski definition) is 1. The molecule has 0 saturated heterocycles. The highest BCUT2D eigenvalue weighted by molar-refractivity contribution is 7.09. The highest BCUT2D eigenvalue weighted by Gasteiger charge is 2.23. The molecule has 0 aliphatic heterocycles. The summed E-state index contributed by atoms with van der Waals surface area (Å²) in [6, 6.07) is 0.351. The van der Waals surface area contributed by atoms with Crippen molar-refractivity contribution in [1.82, 2.24) is 10.3 Å². The molecule has 0 aliphatic carbocycles. The average Bonchev–Trinajstić information content (AvgIpc) is 2.84. The SMILES string of the molecule is CCNC(Cc1nc(C(C)(C)C)cs1)C(CC)OCC. The molecule has 1 aromatic rings. The minimum atomic E-state index is 0.131. The van der Waals surface area contributed by atoms with Crippen molar-refractivity contribution in [2.45, 2.75) is 71.9 Å². The van der Waals surface area contributed by atoms with E-state index in [0.717, 1.165) is 26.0 Å². The van der Waals surface area contributed by atoms with Crippen LogP contribution in [0.25, 0.3) is 0 Å². The van der Waals surface area contributed by atoms with Gasteiger partial charge in [-0.3, -0.25) is 0 Å². The lowest BCUT2D eigenvalue weighted by molar-refractivity contribution is 0.0323. The Kier molecular flexibility index (Phi) is 7.13. The molecule has 2 unspecified atom stereocenters. The fourth-order valence-electron chi connectivity index (χ4n) is 2.27. The molecule has 4 heteroatoms. The van der Waals surface area contributed by atoms with Gasteiger partial charge < -0.3 is 10.1 Å². The van der Waals surface area contributed by atoms with Crippen LogP contribution < -0.4 is 5.32 Å². The summed E-state index contributed by atoms with van der Waals surface area (Å²) in [6.07, 6.45) is 2.25. The van der Waals surface area contributed by atoms with Gasteiger partial charge in [-0.15, -0.1) is 11.3 Å². The standard InChI is InChI=1S/C16H30N2OS/c1-7-13(19-9-3)12(17-8-2)10-15-18-14(11-20-15)16(4,5)6/h11-13,17H,7-10H2,1-6H3. The molecule has 0 radical (unpaired) electrons. The Labute approximate surface area is 128 Å². The molecule has 1 rings (SSSR count). The van der Waals surface area contributed by atoms with E-state index in [1.807, 2.05) is 0 Å². The largest absolute Gasteiger partial charge is 0.377 e. The van der Waals surface area contributed by atoms with Gasteiger partial charge in [-0.1, -0.05) is 34.6 Å². The molecular formula is C16H30N2OS. The Morgan fingerprint density at radius 1 is 1.30 bits per heavy atom. The van der Waals surface area contributed by atoms with Crippen molar-refractivity contribution in [3.8, 4) is 0 Å². The second kappa shape index (κ2) is 8.11. The molecule has 0 amide bonds. The van der Waals surface area contributed by atoms with Crippen molar-refractivity contribution in [3.63, 3.8) is 0 Å². The first-order valence-corrected chi connectivity index (χ1v) is 8.60. The number of thiazole rings is 1. The molecule has 1 N–H and O–H groups in total. The molecule has 1 aromatic heterocycles. The van der Waals surface area contributed by atoms with Crippen molar-refractivity contribution in [1.29, 1.82) is 0 Å². The van der Waals surface area contributed by atoms with Gasteiger partial charge in [0.2, 0.25) is 0 Å². The van der Waals surface area contributed by atoms with Crippen LogP contribution in [0.4, 0.5) is 0 Å². The summed E-state index contributed by atoms with van der Waals surface area (Å²) in [5.41, 5.74) is 1.32. The van der Waals surface area contributed by atoms with E-state index in [4.69, 9.17) is 9.72 Å². The van der Waals surface area contributed by atoms with Crippen molar-refractivity contribution in [2.75, 3.05) is 13.2 Å². The topological polar surface area (TPSA) is 34.2 Å². The zero-order valence-electron chi connectivity index (χ0n) is 13.8. The van der Waals surface area contributed by atoms with Crippen LogP contribution >= 0.6 is 11.3 Å². The summed E-state index contributed by atoms with van der Waals surface area (Å²) in [7, 11) is 0. The van der Waals surface area contributed by atoms with E-state index in [1.54, 1.807) is 11.3 Å². The van der Waals surface area contributed by atoms with Crippen LogP contribution in [0.1, 0.15) is 58.7 Å². The first-order chi connectivity index (χ1) is 9.42. The molecule has 116 valence electrons.